The number of amides is 1. The Balaban J connectivity index is 1.68. The van der Waals surface area contributed by atoms with Crippen LogP contribution < -0.4 is 5.32 Å². The van der Waals surface area contributed by atoms with Crippen LogP contribution in [0.15, 0.2) is 60.3 Å². The molecular formula is C21H20Cl2N2O2. The molecule has 0 bridgehead atoms. The summed E-state index contributed by atoms with van der Waals surface area (Å²) in [5, 5.41) is 3.82. The first kappa shape index (κ1) is 19.5. The van der Waals surface area contributed by atoms with Gasteiger partial charge in [-0.05, 0) is 49.7 Å². The van der Waals surface area contributed by atoms with Gasteiger partial charge in [-0.1, -0.05) is 47.5 Å². The first-order valence-electron chi connectivity index (χ1n) is 8.65. The maximum absolute atomic E-state index is 12.7. The van der Waals surface area contributed by atoms with Crippen molar-refractivity contribution in [3.8, 4) is 0 Å². The van der Waals surface area contributed by atoms with E-state index in [1.165, 1.54) is 0 Å². The summed E-state index contributed by atoms with van der Waals surface area (Å²) in [5.74, 6) is -1.58. The average molecular weight is 403 g/mol. The number of allylic oxidation sites excluding steroid dienone is 1. The molecule has 0 spiro atoms. The molecule has 2 unspecified atom stereocenters. The van der Waals surface area contributed by atoms with Gasteiger partial charge in [0.2, 0.25) is 5.78 Å². The Morgan fingerprint density at radius 3 is 2.44 bits per heavy atom. The Labute approximate surface area is 168 Å². The summed E-state index contributed by atoms with van der Waals surface area (Å²) >= 11 is 11.9. The number of Topliss-reactive ketones (excluding diaryl/α,β-unsaturated/α-hetero) is 1. The number of hydrogen-bond acceptors (Lipinski definition) is 3. The second kappa shape index (κ2) is 8.15. The maximum atomic E-state index is 12.7. The second-order valence-electron chi connectivity index (χ2n) is 6.66. The van der Waals surface area contributed by atoms with Gasteiger partial charge >= 0.3 is 0 Å². The van der Waals surface area contributed by atoms with Crippen molar-refractivity contribution in [2.24, 2.45) is 5.92 Å². The number of nitrogens with zero attached hydrogens (tertiary/aromatic N) is 1. The van der Waals surface area contributed by atoms with E-state index < -0.39 is 17.6 Å². The van der Waals surface area contributed by atoms with Crippen LogP contribution in [0.2, 0.25) is 10.0 Å². The summed E-state index contributed by atoms with van der Waals surface area (Å²) in [6, 6.07) is 14.2. The molecule has 0 aromatic heterocycles. The number of carbonyl (C=O) groups excluding carboxylic acids is 2. The van der Waals surface area contributed by atoms with E-state index in [-0.39, 0.29) is 6.04 Å². The Morgan fingerprint density at radius 2 is 1.78 bits per heavy atom. The summed E-state index contributed by atoms with van der Waals surface area (Å²) in [7, 11) is 0. The predicted molar refractivity (Wildman–Crippen MR) is 109 cm³/mol. The smallest absolute Gasteiger partial charge is 0.292 e. The molecule has 1 N–H and O–H groups in total. The molecule has 4 nitrogen and oxygen atoms in total. The first-order valence-corrected chi connectivity index (χ1v) is 9.41. The van der Waals surface area contributed by atoms with Gasteiger partial charge in [-0.25, -0.2) is 0 Å². The SMILES string of the molecule is CC1=CC(C(=O)C(=O)Nc2cccc(Cl)c2)C(C)N1Cc1ccc(Cl)cc1. The highest BCUT2D eigenvalue weighted by Gasteiger charge is 2.36. The van der Waals surface area contributed by atoms with E-state index in [9.17, 15) is 9.59 Å². The Hall–Kier alpha value is -2.30. The van der Waals surface area contributed by atoms with E-state index in [4.69, 9.17) is 23.2 Å². The van der Waals surface area contributed by atoms with Crippen molar-refractivity contribution >= 4 is 40.6 Å². The van der Waals surface area contributed by atoms with E-state index in [0.29, 0.717) is 22.3 Å². The predicted octanol–water partition coefficient (Wildman–Crippen LogP) is 4.93. The van der Waals surface area contributed by atoms with Gasteiger partial charge in [0.05, 0.1) is 5.92 Å². The number of anilines is 1. The zero-order valence-corrected chi connectivity index (χ0v) is 16.6. The fourth-order valence-electron chi connectivity index (χ4n) is 3.27. The third-order valence-electron chi connectivity index (χ3n) is 4.76. The van der Waals surface area contributed by atoms with Crippen molar-refractivity contribution in [1.82, 2.24) is 4.90 Å². The standard InChI is InChI=1S/C21H20Cl2N2O2/c1-13-10-19(14(2)25(13)12-15-6-8-16(22)9-7-15)20(26)21(27)24-18-5-3-4-17(23)11-18/h3-11,14,19H,12H2,1-2H3,(H,24,27). The van der Waals surface area contributed by atoms with Crippen molar-refractivity contribution in [3.05, 3.63) is 75.9 Å². The van der Waals surface area contributed by atoms with Crippen LogP contribution in [0, 0.1) is 5.92 Å². The lowest BCUT2D eigenvalue weighted by atomic mass is 9.97. The molecule has 1 aliphatic rings. The zero-order chi connectivity index (χ0) is 19.6. The van der Waals surface area contributed by atoms with Crippen LogP contribution in [0.25, 0.3) is 0 Å². The molecule has 3 rings (SSSR count). The lowest BCUT2D eigenvalue weighted by Gasteiger charge is -2.28. The van der Waals surface area contributed by atoms with Gasteiger partial charge in [0.1, 0.15) is 0 Å². The topological polar surface area (TPSA) is 49.4 Å². The largest absolute Gasteiger partial charge is 0.367 e. The Morgan fingerprint density at radius 1 is 1.07 bits per heavy atom. The van der Waals surface area contributed by atoms with E-state index in [0.717, 1.165) is 11.3 Å². The van der Waals surface area contributed by atoms with Crippen LogP contribution in [0.4, 0.5) is 5.69 Å². The molecule has 1 aliphatic heterocycles. The van der Waals surface area contributed by atoms with Gasteiger partial charge in [-0.2, -0.15) is 0 Å². The summed E-state index contributed by atoms with van der Waals surface area (Å²) in [6.07, 6.45) is 1.86. The molecular weight excluding hydrogens is 383 g/mol. The van der Waals surface area contributed by atoms with Gasteiger partial charge in [-0.3, -0.25) is 9.59 Å². The highest BCUT2D eigenvalue weighted by Crippen LogP contribution is 2.30. The van der Waals surface area contributed by atoms with Crippen LogP contribution in [0.3, 0.4) is 0 Å². The maximum Gasteiger partial charge on any atom is 0.292 e. The number of hydrogen-bond donors (Lipinski definition) is 1. The monoisotopic (exact) mass is 402 g/mol. The molecule has 1 heterocycles. The lowest BCUT2D eigenvalue weighted by molar-refractivity contribution is -0.137. The number of benzene rings is 2. The van der Waals surface area contributed by atoms with Crippen molar-refractivity contribution in [1.29, 1.82) is 0 Å². The molecule has 0 saturated carbocycles. The highest BCUT2D eigenvalue weighted by atomic mass is 35.5. The van der Waals surface area contributed by atoms with E-state index in [1.54, 1.807) is 24.3 Å². The molecule has 140 valence electrons. The number of rotatable bonds is 5. The Bertz CT molecular complexity index is 893. The van der Waals surface area contributed by atoms with Gasteiger partial charge in [0.15, 0.2) is 0 Å². The molecule has 0 fully saturated rings. The highest BCUT2D eigenvalue weighted by molar-refractivity contribution is 6.42. The van der Waals surface area contributed by atoms with Crippen molar-refractivity contribution < 1.29 is 9.59 Å². The lowest BCUT2D eigenvalue weighted by Crippen LogP contribution is -2.38. The van der Waals surface area contributed by atoms with Crippen LogP contribution in [-0.4, -0.2) is 22.6 Å². The second-order valence-corrected chi connectivity index (χ2v) is 7.53. The molecule has 2 aromatic carbocycles. The fourth-order valence-corrected chi connectivity index (χ4v) is 3.59. The number of halogens is 2. The van der Waals surface area contributed by atoms with Gasteiger partial charge in [0, 0.05) is 34.0 Å². The van der Waals surface area contributed by atoms with E-state index in [1.807, 2.05) is 44.2 Å². The summed E-state index contributed by atoms with van der Waals surface area (Å²) in [6.45, 7) is 4.56. The molecule has 0 radical (unpaired) electrons. The van der Waals surface area contributed by atoms with Crippen LogP contribution in [0.5, 0.6) is 0 Å². The van der Waals surface area contributed by atoms with Crippen molar-refractivity contribution in [2.45, 2.75) is 26.4 Å². The first-order chi connectivity index (χ1) is 12.8. The van der Waals surface area contributed by atoms with Gasteiger partial charge in [-0.15, -0.1) is 0 Å². The molecule has 2 atom stereocenters. The molecule has 0 aliphatic carbocycles. The minimum absolute atomic E-state index is 0.113. The van der Waals surface area contributed by atoms with Gasteiger partial charge < -0.3 is 10.2 Å². The third kappa shape index (κ3) is 4.52. The van der Waals surface area contributed by atoms with Gasteiger partial charge in [0.25, 0.3) is 5.91 Å². The number of nitrogens with one attached hydrogen (secondary N) is 1. The number of ketones is 1. The minimum atomic E-state index is -0.633. The quantitative estimate of drug-likeness (QED) is 0.721. The van der Waals surface area contributed by atoms with Crippen LogP contribution >= 0.6 is 23.2 Å². The van der Waals surface area contributed by atoms with Crippen LogP contribution in [0.1, 0.15) is 19.4 Å². The van der Waals surface area contributed by atoms with E-state index in [2.05, 4.69) is 10.2 Å². The van der Waals surface area contributed by atoms with Crippen LogP contribution in [-0.2, 0) is 16.1 Å². The van der Waals surface area contributed by atoms with Crippen molar-refractivity contribution in [3.63, 3.8) is 0 Å². The normalized spacial score (nSPS) is 19.0. The average Bonchev–Trinajstić information content (AvgIpc) is 2.91. The molecule has 2 aromatic rings. The summed E-state index contributed by atoms with van der Waals surface area (Å²) in [4.78, 5) is 27.2. The van der Waals surface area contributed by atoms with E-state index >= 15 is 0 Å². The molecule has 6 heteroatoms. The third-order valence-corrected chi connectivity index (χ3v) is 5.25. The Kier molecular flexibility index (Phi) is 5.88. The zero-order valence-electron chi connectivity index (χ0n) is 15.1. The molecule has 27 heavy (non-hydrogen) atoms. The molecule has 1 amide bonds. The summed E-state index contributed by atoms with van der Waals surface area (Å²) in [5.41, 5.74) is 2.58. The summed E-state index contributed by atoms with van der Waals surface area (Å²) < 4.78 is 0. The fraction of sp³-hybridized carbons (Fsp3) is 0.238. The molecule has 0 saturated heterocycles. The van der Waals surface area contributed by atoms with Crippen molar-refractivity contribution in [2.75, 3.05) is 5.32 Å². The minimum Gasteiger partial charge on any atom is -0.367 e. The number of carbonyl (C=O) groups is 2.